The lowest BCUT2D eigenvalue weighted by atomic mass is 9.68. The monoisotopic (exact) mass is 435 g/mol. The van der Waals surface area contributed by atoms with Gasteiger partial charge in [-0.3, -0.25) is 14.9 Å². The van der Waals surface area contributed by atoms with Crippen LogP contribution < -0.4 is 10.6 Å². The fourth-order valence-electron chi connectivity index (χ4n) is 5.16. The summed E-state index contributed by atoms with van der Waals surface area (Å²) in [6.45, 7) is 0. The molecule has 1 aromatic heterocycles. The number of carbonyl (C=O) groups is 2. The van der Waals surface area contributed by atoms with Crippen molar-refractivity contribution in [1.82, 2.24) is 10.3 Å². The molecule has 152 valence electrons. The molecular formula is C21H20Cl2FN3O2. The van der Waals surface area contributed by atoms with Crippen LogP contribution in [0.3, 0.4) is 0 Å². The third-order valence-corrected chi connectivity index (χ3v) is 6.71. The molecule has 0 radical (unpaired) electrons. The smallest absolute Gasteiger partial charge is 0.250 e. The molecule has 3 heterocycles. The Kier molecular flexibility index (Phi) is 4.92. The lowest BCUT2D eigenvalue weighted by Crippen LogP contribution is -2.49. The Hall–Kier alpha value is -2.02. The quantitative estimate of drug-likeness (QED) is 0.649. The van der Waals surface area contributed by atoms with Crippen molar-refractivity contribution < 1.29 is 14.0 Å². The molecule has 3 aliphatic rings. The number of halogens is 3. The van der Waals surface area contributed by atoms with Crippen LogP contribution in [0.1, 0.15) is 43.7 Å². The van der Waals surface area contributed by atoms with Gasteiger partial charge < -0.3 is 5.32 Å². The van der Waals surface area contributed by atoms with Crippen molar-refractivity contribution in [2.24, 2.45) is 5.92 Å². The van der Waals surface area contributed by atoms with E-state index >= 15 is 4.39 Å². The molecule has 5 rings (SSSR count). The van der Waals surface area contributed by atoms with Gasteiger partial charge in [-0.2, -0.15) is 0 Å². The molecule has 8 heteroatoms. The van der Waals surface area contributed by atoms with Crippen molar-refractivity contribution >= 4 is 40.6 Å². The number of pyridine rings is 1. The normalized spacial score (nSPS) is 30.0. The first kappa shape index (κ1) is 20.3. The van der Waals surface area contributed by atoms with Crippen LogP contribution in [0.5, 0.6) is 0 Å². The number of nitrogens with zero attached hydrogens (tertiary/aromatic N) is 1. The minimum Gasteiger partial charge on any atom is -0.324 e. The Bertz CT molecular complexity index is 1030. The number of fused-ring (bicyclic) bond motifs is 3. The van der Waals surface area contributed by atoms with Crippen LogP contribution in [0.25, 0.3) is 0 Å². The van der Waals surface area contributed by atoms with Gasteiger partial charge in [0.1, 0.15) is 11.3 Å². The van der Waals surface area contributed by atoms with Gasteiger partial charge in [0, 0.05) is 46.8 Å². The van der Waals surface area contributed by atoms with Crippen molar-refractivity contribution in [2.75, 3.05) is 5.32 Å². The van der Waals surface area contributed by atoms with Crippen molar-refractivity contribution in [2.45, 2.75) is 44.2 Å². The molecule has 0 unspecified atom stereocenters. The number of Topliss-reactive ketones (excluding diaryl/α,β-unsaturated/α-hetero) is 1. The third kappa shape index (κ3) is 2.73. The zero-order chi connectivity index (χ0) is 19.6. The predicted octanol–water partition coefficient (Wildman–Crippen LogP) is 4.44. The van der Waals surface area contributed by atoms with Crippen LogP contribution in [0.2, 0.25) is 10.2 Å². The Morgan fingerprint density at radius 3 is 2.79 bits per heavy atom. The summed E-state index contributed by atoms with van der Waals surface area (Å²) in [5.41, 5.74) is 0.206. The van der Waals surface area contributed by atoms with Crippen LogP contribution >= 0.6 is 23.2 Å². The Labute approximate surface area is 178 Å². The highest BCUT2D eigenvalue weighted by Gasteiger charge is 2.64. The maximum Gasteiger partial charge on any atom is 0.250 e. The van der Waals surface area contributed by atoms with E-state index in [4.69, 9.17) is 23.2 Å². The topological polar surface area (TPSA) is 71.1 Å². The molecule has 1 saturated heterocycles. The number of aromatic nitrogens is 1. The molecule has 1 amide bonds. The zero-order valence-corrected chi connectivity index (χ0v) is 16.1. The lowest BCUT2D eigenvalue weighted by Gasteiger charge is -2.32. The van der Waals surface area contributed by atoms with Crippen LogP contribution in [0, 0.1) is 11.7 Å². The van der Waals surface area contributed by atoms with Crippen LogP contribution in [-0.2, 0) is 15.1 Å². The number of ketones is 1. The minimum absolute atomic E-state index is 0. The number of amides is 1. The van der Waals surface area contributed by atoms with Crippen LogP contribution in [0.15, 0.2) is 30.5 Å². The van der Waals surface area contributed by atoms with Gasteiger partial charge >= 0.3 is 0 Å². The maximum absolute atomic E-state index is 15.1. The number of rotatable bonds is 1. The van der Waals surface area contributed by atoms with Crippen molar-refractivity contribution in [3.63, 3.8) is 0 Å². The van der Waals surface area contributed by atoms with Gasteiger partial charge in [0.2, 0.25) is 5.91 Å². The first-order valence-corrected chi connectivity index (χ1v) is 9.91. The summed E-state index contributed by atoms with van der Waals surface area (Å²) in [5.74, 6) is -2.22. The number of hydrogen-bond donors (Lipinski definition) is 2. The number of benzene rings is 1. The van der Waals surface area contributed by atoms with Crippen LogP contribution in [-0.4, -0.2) is 22.7 Å². The van der Waals surface area contributed by atoms with Crippen LogP contribution in [0.4, 0.5) is 10.1 Å². The summed E-state index contributed by atoms with van der Waals surface area (Å²) in [7, 11) is 0. The van der Waals surface area contributed by atoms with E-state index in [0.717, 1.165) is 12.8 Å². The number of nitrogens with one attached hydrogen (secondary N) is 2. The van der Waals surface area contributed by atoms with E-state index in [0.29, 0.717) is 22.7 Å². The van der Waals surface area contributed by atoms with Gasteiger partial charge in [0.25, 0.3) is 0 Å². The average Bonchev–Trinajstić information content (AvgIpc) is 3.14. The van der Waals surface area contributed by atoms with Gasteiger partial charge in [-0.25, -0.2) is 9.37 Å². The van der Waals surface area contributed by atoms with Crippen molar-refractivity contribution in [1.29, 1.82) is 0 Å². The largest absolute Gasteiger partial charge is 0.324 e. The van der Waals surface area contributed by atoms with Crippen molar-refractivity contribution in [3.8, 4) is 0 Å². The number of anilines is 1. The van der Waals surface area contributed by atoms with E-state index in [1.807, 2.05) is 0 Å². The number of carbonyl (C=O) groups excluding carboxylic acids is 2. The maximum atomic E-state index is 15.1. The van der Waals surface area contributed by atoms with Gasteiger partial charge in [0.15, 0.2) is 11.0 Å². The molecular weight excluding hydrogens is 416 g/mol. The highest BCUT2D eigenvalue weighted by Crippen LogP contribution is 2.56. The standard InChI is InChI=1S/C20H16Cl2FN3O2.CH4/c21-9-4-5-11-13(8-9)25-19(28)20(11)16(10-6-7-24-18(22)17(10)23)15-12(26-20)2-1-3-14(15)27;/h4-8,12,15-16,26H,1-3H2,(H,25,28);1H4/t12-,15-,16-,20+;/m0./s1. The molecule has 2 aliphatic heterocycles. The molecule has 5 nitrogen and oxygen atoms in total. The minimum atomic E-state index is -1.26. The summed E-state index contributed by atoms with van der Waals surface area (Å²) in [5, 5.41) is 6.49. The molecule has 1 aliphatic carbocycles. The molecule has 1 spiro atoms. The second kappa shape index (κ2) is 7.04. The molecule has 1 saturated carbocycles. The van der Waals surface area contributed by atoms with Gasteiger partial charge in [-0.1, -0.05) is 36.7 Å². The highest BCUT2D eigenvalue weighted by atomic mass is 35.5. The highest BCUT2D eigenvalue weighted by molar-refractivity contribution is 6.31. The molecule has 29 heavy (non-hydrogen) atoms. The summed E-state index contributed by atoms with van der Waals surface area (Å²) >= 11 is 12.0. The van der Waals surface area contributed by atoms with E-state index < -0.39 is 23.2 Å². The van der Waals surface area contributed by atoms with Gasteiger partial charge in [-0.15, -0.1) is 0 Å². The Morgan fingerprint density at radius 2 is 2.00 bits per heavy atom. The fraction of sp³-hybridized carbons (Fsp3) is 0.381. The molecule has 1 aromatic carbocycles. The summed E-state index contributed by atoms with van der Waals surface area (Å²) in [6.07, 6.45) is 3.31. The van der Waals surface area contributed by atoms with E-state index in [-0.39, 0.29) is 35.9 Å². The zero-order valence-electron chi connectivity index (χ0n) is 14.6. The molecule has 2 aromatic rings. The first-order valence-electron chi connectivity index (χ1n) is 9.15. The predicted molar refractivity (Wildman–Crippen MR) is 110 cm³/mol. The van der Waals surface area contributed by atoms with E-state index in [9.17, 15) is 9.59 Å². The number of hydrogen-bond acceptors (Lipinski definition) is 4. The fourth-order valence-corrected chi connectivity index (χ4v) is 5.49. The summed E-state index contributed by atoms with van der Waals surface area (Å²) in [6, 6.07) is 6.42. The van der Waals surface area contributed by atoms with Gasteiger partial charge in [0.05, 0.1) is 0 Å². The Balaban J connectivity index is 0.00000205. The Morgan fingerprint density at radius 1 is 1.21 bits per heavy atom. The second-order valence-electron chi connectivity index (χ2n) is 7.57. The molecule has 2 fully saturated rings. The lowest BCUT2D eigenvalue weighted by molar-refractivity contribution is -0.125. The van der Waals surface area contributed by atoms with Crippen molar-refractivity contribution in [3.05, 3.63) is 57.6 Å². The SMILES string of the molecule is C.O=C1CCC[C@@H]2N[C@@]3(C(=O)Nc4cc(Cl)ccc43)[C@@H](c3ccnc(Cl)c3F)[C@H]12. The molecule has 2 N–H and O–H groups in total. The summed E-state index contributed by atoms with van der Waals surface area (Å²) < 4.78 is 15.1. The third-order valence-electron chi connectivity index (χ3n) is 6.21. The molecule has 0 bridgehead atoms. The second-order valence-corrected chi connectivity index (χ2v) is 8.36. The van der Waals surface area contributed by atoms with E-state index in [1.165, 1.54) is 12.3 Å². The van der Waals surface area contributed by atoms with Gasteiger partial charge in [-0.05, 0) is 36.6 Å². The first-order chi connectivity index (χ1) is 13.4. The average molecular weight is 436 g/mol. The molecule has 4 atom stereocenters. The van der Waals surface area contributed by atoms with E-state index in [1.54, 1.807) is 18.2 Å². The van der Waals surface area contributed by atoms with E-state index in [2.05, 4.69) is 15.6 Å². The summed E-state index contributed by atoms with van der Waals surface area (Å²) in [4.78, 5) is 30.0.